The summed E-state index contributed by atoms with van der Waals surface area (Å²) in [6.07, 6.45) is 8.04. The second-order valence-electron chi connectivity index (χ2n) is 7.64. The third kappa shape index (κ3) is 5.24. The van der Waals surface area contributed by atoms with Gasteiger partial charge in [0.25, 0.3) is 0 Å². The number of hydrogen-bond donors (Lipinski definition) is 1. The molecule has 0 bridgehead atoms. The number of nitrogens with one attached hydrogen (secondary N) is 1. The number of aromatic amines is 1. The van der Waals surface area contributed by atoms with Crippen molar-refractivity contribution in [2.75, 3.05) is 0 Å². The molecule has 2 heterocycles. The number of aromatic nitrogens is 7. The summed E-state index contributed by atoms with van der Waals surface area (Å²) in [5.74, 6) is 2.49. The maximum absolute atomic E-state index is 4.73. The minimum absolute atomic E-state index is 0.614. The van der Waals surface area contributed by atoms with Crippen molar-refractivity contribution in [2.45, 2.75) is 38.6 Å². The molecule has 2 aromatic heterocycles. The van der Waals surface area contributed by atoms with Gasteiger partial charge in [0.15, 0.2) is 5.82 Å². The maximum Gasteiger partial charge on any atom is 0.204 e. The zero-order valence-corrected chi connectivity index (χ0v) is 18.1. The van der Waals surface area contributed by atoms with Crippen molar-refractivity contribution in [1.82, 2.24) is 35.4 Å². The van der Waals surface area contributed by atoms with Gasteiger partial charge in [-0.1, -0.05) is 60.7 Å². The fourth-order valence-electron chi connectivity index (χ4n) is 3.63. The number of aryl methyl sites for hydroxylation is 2. The highest BCUT2D eigenvalue weighted by Crippen LogP contribution is 2.22. The first-order valence-corrected chi connectivity index (χ1v) is 10.8. The Morgan fingerprint density at radius 2 is 1.66 bits per heavy atom. The molecule has 0 fully saturated rings. The number of benzene rings is 2. The Balaban J connectivity index is 1.49. The molecule has 0 saturated carbocycles. The van der Waals surface area contributed by atoms with Crippen LogP contribution in [0.1, 0.15) is 41.2 Å². The molecule has 1 N–H and O–H groups in total. The van der Waals surface area contributed by atoms with Crippen LogP contribution in [0.4, 0.5) is 0 Å². The van der Waals surface area contributed by atoms with Crippen LogP contribution in [0.3, 0.4) is 0 Å². The van der Waals surface area contributed by atoms with Crippen LogP contribution in [0.2, 0.25) is 0 Å². The Morgan fingerprint density at radius 3 is 2.41 bits per heavy atom. The normalized spacial score (nSPS) is 10.9. The molecule has 0 spiro atoms. The van der Waals surface area contributed by atoms with Crippen molar-refractivity contribution in [1.29, 1.82) is 0 Å². The number of allylic oxidation sites excluding steroid dienone is 2. The molecule has 7 heteroatoms. The Hall–Kier alpha value is -3.87. The summed E-state index contributed by atoms with van der Waals surface area (Å²) in [6.45, 7) is 8.32. The van der Waals surface area contributed by atoms with Gasteiger partial charge in [-0.05, 0) is 41.2 Å². The molecule has 0 atom stereocenters. The second kappa shape index (κ2) is 10.4. The van der Waals surface area contributed by atoms with Gasteiger partial charge in [0.05, 0.1) is 6.54 Å². The van der Waals surface area contributed by atoms with E-state index in [0.717, 1.165) is 54.9 Å². The molecule has 32 heavy (non-hydrogen) atoms. The number of nitrogens with zero attached hydrogens (tertiary/aromatic N) is 6. The standard InChI is InChI=1S/C25H27N7/c1-3-5-11-23-26-24(12-6-4-2)32(29-23)18-20-15-13-19(14-16-20)17-21-9-7-8-10-22(21)25-27-30-31-28-25/h3-4,7-10,13-16H,1-2,5-6,11-12,17-18H2,(H,27,28,30,31). The Kier molecular flexibility index (Phi) is 6.97. The highest BCUT2D eigenvalue weighted by Gasteiger charge is 2.11. The molecule has 7 nitrogen and oxygen atoms in total. The summed E-state index contributed by atoms with van der Waals surface area (Å²) in [6, 6.07) is 16.8. The number of H-pyrrole nitrogens is 1. The smallest absolute Gasteiger partial charge is 0.204 e. The summed E-state index contributed by atoms with van der Waals surface area (Å²) in [7, 11) is 0. The maximum atomic E-state index is 4.73. The van der Waals surface area contributed by atoms with Crippen LogP contribution in [0.5, 0.6) is 0 Å². The predicted octanol–water partition coefficient (Wildman–Crippen LogP) is 4.33. The minimum atomic E-state index is 0.614. The first-order valence-electron chi connectivity index (χ1n) is 10.8. The average molecular weight is 426 g/mol. The van der Waals surface area contributed by atoms with Crippen molar-refractivity contribution in [3.63, 3.8) is 0 Å². The van der Waals surface area contributed by atoms with Crippen LogP contribution in [0, 0.1) is 0 Å². The summed E-state index contributed by atoms with van der Waals surface area (Å²) >= 11 is 0. The molecule has 0 aliphatic carbocycles. The van der Waals surface area contributed by atoms with Crippen LogP contribution in [-0.2, 0) is 25.8 Å². The van der Waals surface area contributed by atoms with E-state index in [1.807, 2.05) is 35.0 Å². The molecule has 162 valence electrons. The van der Waals surface area contributed by atoms with E-state index in [1.165, 1.54) is 11.1 Å². The highest BCUT2D eigenvalue weighted by molar-refractivity contribution is 5.60. The lowest BCUT2D eigenvalue weighted by atomic mass is 9.98. The fourth-order valence-corrected chi connectivity index (χ4v) is 3.63. The first-order chi connectivity index (χ1) is 15.8. The van der Waals surface area contributed by atoms with Gasteiger partial charge in [0.1, 0.15) is 5.82 Å². The third-order valence-corrected chi connectivity index (χ3v) is 5.29. The number of rotatable bonds is 11. The van der Waals surface area contributed by atoms with Crippen molar-refractivity contribution >= 4 is 0 Å². The van der Waals surface area contributed by atoms with E-state index in [2.05, 4.69) is 64.1 Å². The molecule has 0 saturated heterocycles. The summed E-state index contributed by atoms with van der Waals surface area (Å²) in [5.41, 5.74) is 4.57. The van der Waals surface area contributed by atoms with E-state index in [4.69, 9.17) is 10.1 Å². The molecular weight excluding hydrogens is 398 g/mol. The first kappa shape index (κ1) is 21.4. The van der Waals surface area contributed by atoms with Gasteiger partial charge in [0, 0.05) is 18.4 Å². The molecule has 4 rings (SSSR count). The van der Waals surface area contributed by atoms with Crippen molar-refractivity contribution < 1.29 is 0 Å². The summed E-state index contributed by atoms with van der Waals surface area (Å²) in [4.78, 5) is 4.73. The van der Waals surface area contributed by atoms with E-state index < -0.39 is 0 Å². The molecule has 0 radical (unpaired) electrons. The molecule has 4 aromatic rings. The van der Waals surface area contributed by atoms with Gasteiger partial charge in [0.2, 0.25) is 5.82 Å². The van der Waals surface area contributed by atoms with Crippen LogP contribution in [-0.4, -0.2) is 35.4 Å². The van der Waals surface area contributed by atoms with Gasteiger partial charge in [-0.25, -0.2) is 9.67 Å². The Labute approximate surface area is 187 Å². The van der Waals surface area contributed by atoms with E-state index >= 15 is 0 Å². The zero-order valence-electron chi connectivity index (χ0n) is 18.1. The minimum Gasteiger partial charge on any atom is -0.245 e. The van der Waals surface area contributed by atoms with Gasteiger partial charge < -0.3 is 0 Å². The number of hydrogen-bond acceptors (Lipinski definition) is 5. The quantitative estimate of drug-likeness (QED) is 0.362. The van der Waals surface area contributed by atoms with Gasteiger partial charge in [-0.2, -0.15) is 10.3 Å². The summed E-state index contributed by atoms with van der Waals surface area (Å²) in [5, 5.41) is 19.2. The van der Waals surface area contributed by atoms with Crippen molar-refractivity contribution in [3.05, 3.63) is 102 Å². The van der Waals surface area contributed by atoms with Crippen LogP contribution < -0.4 is 0 Å². The predicted molar refractivity (Wildman–Crippen MR) is 125 cm³/mol. The van der Waals surface area contributed by atoms with Crippen LogP contribution >= 0.6 is 0 Å². The molecule has 0 amide bonds. The Bertz CT molecular complexity index is 1160. The topological polar surface area (TPSA) is 85.2 Å². The van der Waals surface area contributed by atoms with E-state index in [1.54, 1.807) is 0 Å². The van der Waals surface area contributed by atoms with Crippen LogP contribution in [0.15, 0.2) is 73.8 Å². The van der Waals surface area contributed by atoms with Gasteiger partial charge in [-0.15, -0.1) is 23.4 Å². The SMILES string of the molecule is C=CCCc1nc(CCC=C)n(Cc2ccc(Cc3ccccc3-c3nn[nH]n3)cc2)n1. The lowest BCUT2D eigenvalue weighted by Gasteiger charge is -2.09. The molecule has 0 aliphatic heterocycles. The Morgan fingerprint density at radius 1 is 0.906 bits per heavy atom. The largest absolute Gasteiger partial charge is 0.245 e. The molecular formula is C25H27N7. The summed E-state index contributed by atoms with van der Waals surface area (Å²) < 4.78 is 2.02. The fraction of sp³-hybridized carbons (Fsp3) is 0.240. The van der Waals surface area contributed by atoms with E-state index in [-0.39, 0.29) is 0 Å². The van der Waals surface area contributed by atoms with E-state index in [9.17, 15) is 0 Å². The van der Waals surface area contributed by atoms with Crippen molar-refractivity contribution in [2.24, 2.45) is 0 Å². The van der Waals surface area contributed by atoms with Crippen LogP contribution in [0.25, 0.3) is 11.4 Å². The lowest BCUT2D eigenvalue weighted by Crippen LogP contribution is -2.07. The van der Waals surface area contributed by atoms with E-state index in [0.29, 0.717) is 12.4 Å². The molecule has 0 aliphatic rings. The number of tetrazole rings is 1. The van der Waals surface area contributed by atoms with Gasteiger partial charge >= 0.3 is 0 Å². The molecule has 0 unspecified atom stereocenters. The highest BCUT2D eigenvalue weighted by atomic mass is 15.5. The molecule has 2 aromatic carbocycles. The second-order valence-corrected chi connectivity index (χ2v) is 7.64. The third-order valence-electron chi connectivity index (χ3n) is 5.29. The lowest BCUT2D eigenvalue weighted by molar-refractivity contribution is 0.629. The average Bonchev–Trinajstić information content (AvgIpc) is 3.48. The van der Waals surface area contributed by atoms with Crippen molar-refractivity contribution in [3.8, 4) is 11.4 Å². The monoisotopic (exact) mass is 425 g/mol. The van der Waals surface area contributed by atoms with Gasteiger partial charge in [-0.3, -0.25) is 0 Å². The zero-order chi connectivity index (χ0) is 22.2.